The molecule has 1 aromatic carbocycles. The lowest BCUT2D eigenvalue weighted by Crippen LogP contribution is -2.11. The average Bonchev–Trinajstić information content (AvgIpc) is 2.42. The monoisotopic (exact) mass is 353 g/mol. The largest absolute Gasteiger partial charge is 0.417 e. The predicted octanol–water partition coefficient (Wildman–Crippen LogP) is 5.54. The Balaban J connectivity index is 2.83. The highest BCUT2D eigenvalue weighted by molar-refractivity contribution is 6.46. The summed E-state index contributed by atoms with van der Waals surface area (Å²) in [6.07, 6.45) is -3.71. The molecule has 8 heteroatoms. The minimum Gasteiger partial charge on any atom is -0.298 e. The van der Waals surface area contributed by atoms with Gasteiger partial charge in [0.05, 0.1) is 31.9 Å². The van der Waals surface area contributed by atoms with Crippen molar-refractivity contribution in [3.05, 3.63) is 50.6 Å². The minimum absolute atomic E-state index is 0.0148. The third-order valence-electron chi connectivity index (χ3n) is 2.69. The Hall–Kier alpha value is -1.30. The quantitative estimate of drug-likeness (QED) is 0.523. The molecule has 0 saturated heterocycles. The number of rotatable bonds is 2. The highest BCUT2D eigenvalue weighted by atomic mass is 35.5. The van der Waals surface area contributed by atoms with E-state index in [0.717, 1.165) is 6.20 Å². The maximum absolute atomic E-state index is 12.9. The second-order valence-electron chi connectivity index (χ2n) is 3.95. The molecule has 0 aliphatic carbocycles. The van der Waals surface area contributed by atoms with Gasteiger partial charge < -0.3 is 0 Å². The first kappa shape index (κ1) is 16.1. The number of carbonyl (C=O) groups is 1. The predicted molar refractivity (Wildman–Crippen MR) is 75.1 cm³/mol. The second-order valence-corrected chi connectivity index (χ2v) is 5.15. The molecule has 0 amide bonds. The first-order valence-electron chi connectivity index (χ1n) is 5.42. The van der Waals surface area contributed by atoms with E-state index in [9.17, 15) is 18.0 Å². The molecule has 21 heavy (non-hydrogen) atoms. The van der Waals surface area contributed by atoms with E-state index in [-0.39, 0.29) is 32.6 Å². The standard InChI is InChI=1S/C13H5Cl3F3NO/c14-8-1-2-9(15)11(16)10(8)12-6(5-21)7(3-4-20-12)13(17,18)19/h1-5H. The lowest BCUT2D eigenvalue weighted by Gasteiger charge is -2.14. The maximum Gasteiger partial charge on any atom is 0.417 e. The van der Waals surface area contributed by atoms with E-state index in [1.165, 1.54) is 12.1 Å². The van der Waals surface area contributed by atoms with E-state index in [1.54, 1.807) is 0 Å². The van der Waals surface area contributed by atoms with Crippen LogP contribution in [0.15, 0.2) is 24.4 Å². The molecule has 0 aliphatic heterocycles. The van der Waals surface area contributed by atoms with Crippen molar-refractivity contribution in [2.75, 3.05) is 0 Å². The number of hydrogen-bond acceptors (Lipinski definition) is 2. The van der Waals surface area contributed by atoms with E-state index in [1.807, 2.05) is 0 Å². The summed E-state index contributed by atoms with van der Waals surface area (Å²) in [6, 6.07) is 3.46. The van der Waals surface area contributed by atoms with Crippen LogP contribution in [-0.4, -0.2) is 11.3 Å². The Labute approximate surface area is 132 Å². The van der Waals surface area contributed by atoms with E-state index in [2.05, 4.69) is 4.98 Å². The first-order chi connectivity index (χ1) is 9.77. The van der Waals surface area contributed by atoms with Gasteiger partial charge in [-0.2, -0.15) is 13.2 Å². The fourth-order valence-corrected chi connectivity index (χ4v) is 2.49. The van der Waals surface area contributed by atoms with Crippen LogP contribution in [0.3, 0.4) is 0 Å². The van der Waals surface area contributed by atoms with Crippen molar-refractivity contribution in [3.8, 4) is 11.3 Å². The number of nitrogens with zero attached hydrogens (tertiary/aromatic N) is 1. The lowest BCUT2D eigenvalue weighted by molar-refractivity contribution is -0.137. The van der Waals surface area contributed by atoms with E-state index in [4.69, 9.17) is 34.8 Å². The van der Waals surface area contributed by atoms with Gasteiger partial charge in [0.1, 0.15) is 0 Å². The molecule has 0 radical (unpaired) electrons. The van der Waals surface area contributed by atoms with Crippen LogP contribution in [-0.2, 0) is 6.18 Å². The summed E-state index contributed by atoms with van der Waals surface area (Å²) < 4.78 is 38.8. The third kappa shape index (κ3) is 3.00. The first-order valence-corrected chi connectivity index (χ1v) is 6.56. The maximum atomic E-state index is 12.9. The number of pyridine rings is 1. The van der Waals surface area contributed by atoms with Crippen molar-refractivity contribution in [3.63, 3.8) is 0 Å². The van der Waals surface area contributed by atoms with Gasteiger partial charge in [0, 0.05) is 11.8 Å². The van der Waals surface area contributed by atoms with Crippen molar-refractivity contribution in [2.45, 2.75) is 6.18 Å². The van der Waals surface area contributed by atoms with Gasteiger partial charge in [-0.05, 0) is 18.2 Å². The molecule has 0 spiro atoms. The SMILES string of the molecule is O=Cc1c(C(F)(F)F)ccnc1-c1c(Cl)ccc(Cl)c1Cl. The Kier molecular flexibility index (Phi) is 4.46. The summed E-state index contributed by atoms with van der Waals surface area (Å²) >= 11 is 17.8. The van der Waals surface area contributed by atoms with Crippen LogP contribution >= 0.6 is 34.8 Å². The number of benzene rings is 1. The van der Waals surface area contributed by atoms with Crippen LogP contribution in [0, 0.1) is 0 Å². The molecule has 2 aromatic rings. The molecule has 0 N–H and O–H groups in total. The summed E-state index contributed by atoms with van der Waals surface area (Å²) in [7, 11) is 0. The lowest BCUT2D eigenvalue weighted by atomic mass is 10.0. The van der Waals surface area contributed by atoms with Gasteiger partial charge in [-0.3, -0.25) is 9.78 Å². The zero-order chi connectivity index (χ0) is 15.8. The van der Waals surface area contributed by atoms with Gasteiger partial charge >= 0.3 is 6.18 Å². The summed E-state index contributed by atoms with van der Waals surface area (Å²) in [5, 5.41) is 0.0607. The summed E-state index contributed by atoms with van der Waals surface area (Å²) in [4.78, 5) is 14.9. The van der Waals surface area contributed by atoms with Gasteiger partial charge in [-0.25, -0.2) is 0 Å². The molecular weight excluding hydrogens is 350 g/mol. The van der Waals surface area contributed by atoms with Crippen LogP contribution in [0.1, 0.15) is 15.9 Å². The van der Waals surface area contributed by atoms with Crippen molar-refractivity contribution in [2.24, 2.45) is 0 Å². The molecule has 110 valence electrons. The fourth-order valence-electron chi connectivity index (χ4n) is 1.78. The summed E-state index contributed by atoms with van der Waals surface area (Å²) in [5.74, 6) is 0. The van der Waals surface area contributed by atoms with Crippen molar-refractivity contribution < 1.29 is 18.0 Å². The van der Waals surface area contributed by atoms with Crippen LogP contribution < -0.4 is 0 Å². The second kappa shape index (κ2) is 5.83. The molecule has 0 bridgehead atoms. The van der Waals surface area contributed by atoms with Crippen LogP contribution in [0.4, 0.5) is 13.2 Å². The van der Waals surface area contributed by atoms with Crippen LogP contribution in [0.5, 0.6) is 0 Å². The fraction of sp³-hybridized carbons (Fsp3) is 0.0769. The molecule has 2 nitrogen and oxygen atoms in total. The Bertz CT molecular complexity index is 717. The molecule has 1 heterocycles. The van der Waals surface area contributed by atoms with Crippen LogP contribution in [0.25, 0.3) is 11.3 Å². The Morgan fingerprint density at radius 3 is 2.24 bits per heavy atom. The zero-order valence-electron chi connectivity index (χ0n) is 10.0. The number of aromatic nitrogens is 1. The van der Waals surface area contributed by atoms with Gasteiger partial charge in [0.2, 0.25) is 0 Å². The summed E-state index contributed by atoms with van der Waals surface area (Å²) in [5.41, 5.74) is -2.04. The molecule has 0 saturated carbocycles. The number of alkyl halides is 3. The highest BCUT2D eigenvalue weighted by Crippen LogP contribution is 2.41. The van der Waals surface area contributed by atoms with Crippen molar-refractivity contribution in [1.29, 1.82) is 0 Å². The van der Waals surface area contributed by atoms with E-state index in [0.29, 0.717) is 6.07 Å². The Morgan fingerprint density at radius 2 is 1.67 bits per heavy atom. The molecule has 1 aromatic heterocycles. The molecule has 0 aliphatic rings. The van der Waals surface area contributed by atoms with Crippen molar-refractivity contribution in [1.82, 2.24) is 4.98 Å². The average molecular weight is 355 g/mol. The van der Waals surface area contributed by atoms with E-state index >= 15 is 0 Å². The van der Waals surface area contributed by atoms with Gasteiger partial charge in [0.25, 0.3) is 0 Å². The molecule has 2 rings (SSSR count). The number of hydrogen-bond donors (Lipinski definition) is 0. The summed E-state index contributed by atoms with van der Waals surface area (Å²) in [6.45, 7) is 0. The number of carbonyl (C=O) groups excluding carboxylic acids is 1. The zero-order valence-corrected chi connectivity index (χ0v) is 12.3. The van der Waals surface area contributed by atoms with Gasteiger partial charge in [-0.1, -0.05) is 34.8 Å². The number of aldehydes is 1. The third-order valence-corrected chi connectivity index (χ3v) is 3.81. The topological polar surface area (TPSA) is 30.0 Å². The van der Waals surface area contributed by atoms with Crippen molar-refractivity contribution >= 4 is 41.1 Å². The van der Waals surface area contributed by atoms with Gasteiger partial charge in [-0.15, -0.1) is 0 Å². The van der Waals surface area contributed by atoms with Crippen LogP contribution in [0.2, 0.25) is 15.1 Å². The molecule has 0 atom stereocenters. The minimum atomic E-state index is -4.70. The normalized spacial score (nSPS) is 11.5. The molecule has 0 fully saturated rings. The van der Waals surface area contributed by atoms with Gasteiger partial charge in [0.15, 0.2) is 6.29 Å². The van der Waals surface area contributed by atoms with E-state index < -0.39 is 17.3 Å². The highest BCUT2D eigenvalue weighted by Gasteiger charge is 2.35. The number of halogens is 6. The molecule has 0 unspecified atom stereocenters. The molecular formula is C13H5Cl3F3NO. The smallest absolute Gasteiger partial charge is 0.298 e. The Morgan fingerprint density at radius 1 is 1.05 bits per heavy atom.